The molecule has 0 unspecified atom stereocenters. The van der Waals surface area contributed by atoms with E-state index in [1.807, 2.05) is 24.3 Å². The highest BCUT2D eigenvalue weighted by Crippen LogP contribution is 2.33. The van der Waals surface area contributed by atoms with Crippen molar-refractivity contribution in [3.8, 4) is 0 Å². The Balaban J connectivity index is 1.21. The number of amides is 4. The number of rotatable bonds is 8. The van der Waals surface area contributed by atoms with Crippen LogP contribution in [0.4, 0.5) is 0 Å². The molecule has 39 heavy (non-hydrogen) atoms. The molecule has 0 aliphatic carbocycles. The van der Waals surface area contributed by atoms with Gasteiger partial charge in [-0.2, -0.15) is 0 Å². The third kappa shape index (κ3) is 4.00. The molecule has 4 N–H and O–H groups in total. The molecule has 2 aliphatic heterocycles. The van der Waals surface area contributed by atoms with Gasteiger partial charge in [-0.1, -0.05) is 48.5 Å². The lowest BCUT2D eigenvalue weighted by Crippen LogP contribution is -2.51. The maximum atomic E-state index is 13.3. The van der Waals surface area contributed by atoms with E-state index in [4.69, 9.17) is 11.5 Å². The van der Waals surface area contributed by atoms with E-state index in [-0.39, 0.29) is 56.1 Å². The van der Waals surface area contributed by atoms with E-state index in [0.29, 0.717) is 39.4 Å². The van der Waals surface area contributed by atoms with Gasteiger partial charge in [0.25, 0.3) is 23.6 Å². The van der Waals surface area contributed by atoms with Crippen molar-refractivity contribution in [3.63, 3.8) is 0 Å². The van der Waals surface area contributed by atoms with Crippen LogP contribution in [-0.4, -0.2) is 58.6 Å². The number of benzene rings is 4. The second-order valence-electron chi connectivity index (χ2n) is 10.3. The van der Waals surface area contributed by atoms with E-state index in [0.717, 1.165) is 10.8 Å². The predicted octanol–water partition coefficient (Wildman–Crippen LogP) is 3.71. The van der Waals surface area contributed by atoms with Crippen LogP contribution in [0.3, 0.4) is 0 Å². The molecule has 4 amide bonds. The summed E-state index contributed by atoms with van der Waals surface area (Å²) in [6.07, 6.45) is 0.961. The first-order chi connectivity index (χ1) is 18.8. The molecule has 0 saturated heterocycles. The fourth-order valence-corrected chi connectivity index (χ4v) is 5.90. The van der Waals surface area contributed by atoms with E-state index in [1.54, 1.807) is 48.5 Å². The first kappa shape index (κ1) is 24.9. The Morgan fingerprint density at radius 1 is 0.538 bits per heavy atom. The number of nitrogens with two attached hydrogens (primary N) is 2. The lowest BCUT2D eigenvalue weighted by Gasteiger charge is -2.35. The third-order valence-corrected chi connectivity index (χ3v) is 8.02. The highest BCUT2D eigenvalue weighted by Gasteiger charge is 2.37. The Morgan fingerprint density at radius 3 is 1.18 bits per heavy atom. The summed E-state index contributed by atoms with van der Waals surface area (Å²) < 4.78 is 0. The molecule has 196 valence electrons. The van der Waals surface area contributed by atoms with Crippen molar-refractivity contribution in [2.45, 2.75) is 24.8 Å². The molecule has 8 nitrogen and oxygen atoms in total. The summed E-state index contributed by atoms with van der Waals surface area (Å²) in [6.45, 7) is 0.483. The maximum absolute atomic E-state index is 13.3. The summed E-state index contributed by atoms with van der Waals surface area (Å²) in [5.74, 6) is -1.42. The number of hydrogen-bond acceptors (Lipinski definition) is 6. The summed E-state index contributed by atoms with van der Waals surface area (Å²) in [6, 6.07) is 21.7. The van der Waals surface area contributed by atoms with E-state index >= 15 is 0 Å². The molecule has 0 spiro atoms. The number of carbonyl (C=O) groups excluding carboxylic acids is 4. The van der Waals surface area contributed by atoms with E-state index in [1.165, 1.54) is 9.80 Å². The van der Waals surface area contributed by atoms with Gasteiger partial charge in [-0.05, 0) is 60.8 Å². The van der Waals surface area contributed by atoms with Gasteiger partial charge in [0.15, 0.2) is 0 Å². The van der Waals surface area contributed by atoms with Crippen molar-refractivity contribution >= 4 is 45.2 Å². The highest BCUT2D eigenvalue weighted by atomic mass is 16.2. The lowest BCUT2D eigenvalue weighted by molar-refractivity contribution is 0.0590. The van der Waals surface area contributed by atoms with E-state index < -0.39 is 5.54 Å². The average molecular weight is 521 g/mol. The molecule has 2 aliphatic rings. The molecule has 4 aromatic carbocycles. The van der Waals surface area contributed by atoms with Gasteiger partial charge >= 0.3 is 0 Å². The summed E-state index contributed by atoms with van der Waals surface area (Å²) in [5, 5.41) is 3.03. The Morgan fingerprint density at radius 2 is 0.872 bits per heavy atom. The van der Waals surface area contributed by atoms with Gasteiger partial charge in [0.05, 0.1) is 0 Å². The Bertz CT molecular complexity index is 1470. The zero-order valence-corrected chi connectivity index (χ0v) is 21.4. The number of imide groups is 2. The van der Waals surface area contributed by atoms with Crippen LogP contribution in [0.25, 0.3) is 21.5 Å². The molecular weight excluding hydrogens is 492 g/mol. The van der Waals surface area contributed by atoms with Gasteiger partial charge in [-0.15, -0.1) is 0 Å². The second kappa shape index (κ2) is 9.41. The zero-order chi connectivity index (χ0) is 27.3. The number of carbonyl (C=O) groups is 4. The average Bonchev–Trinajstić information content (AvgIpc) is 2.94. The summed E-state index contributed by atoms with van der Waals surface area (Å²) in [4.78, 5) is 55.8. The van der Waals surface area contributed by atoms with Crippen LogP contribution in [0.2, 0.25) is 0 Å². The monoisotopic (exact) mass is 520 g/mol. The van der Waals surface area contributed by atoms with Crippen molar-refractivity contribution < 1.29 is 19.2 Å². The first-order valence-corrected chi connectivity index (χ1v) is 13.1. The van der Waals surface area contributed by atoms with Crippen LogP contribution in [-0.2, 0) is 0 Å². The molecule has 8 heteroatoms. The molecule has 4 aromatic rings. The van der Waals surface area contributed by atoms with Crippen molar-refractivity contribution in [3.05, 3.63) is 95.1 Å². The third-order valence-electron chi connectivity index (χ3n) is 8.02. The minimum absolute atomic E-state index is 0.100. The molecule has 0 bridgehead atoms. The Hall–Kier alpha value is -4.40. The maximum Gasteiger partial charge on any atom is 0.261 e. The molecular formula is C31H28N4O4. The minimum atomic E-state index is -0.901. The fraction of sp³-hybridized carbons (Fsp3) is 0.226. The second-order valence-corrected chi connectivity index (χ2v) is 10.3. The Kier molecular flexibility index (Phi) is 6.01. The van der Waals surface area contributed by atoms with Crippen LogP contribution >= 0.6 is 0 Å². The van der Waals surface area contributed by atoms with Crippen LogP contribution < -0.4 is 11.5 Å². The van der Waals surface area contributed by atoms with Crippen LogP contribution in [0.15, 0.2) is 72.8 Å². The van der Waals surface area contributed by atoms with Crippen LogP contribution in [0.1, 0.15) is 60.7 Å². The molecule has 0 saturated carbocycles. The predicted molar refractivity (Wildman–Crippen MR) is 148 cm³/mol. The molecule has 0 atom stereocenters. The van der Waals surface area contributed by atoms with Crippen LogP contribution in [0, 0.1) is 0 Å². The normalized spacial score (nSPS) is 15.1. The summed E-state index contributed by atoms with van der Waals surface area (Å²) in [5.41, 5.74) is 13.7. The molecule has 0 fully saturated rings. The highest BCUT2D eigenvalue weighted by molar-refractivity contribution is 6.26. The SMILES string of the molecule is NCCC(N)(CCN1C(=O)c2cccc3cccc(c23)C1=O)CCN1C(=O)c2cccc3cccc(c23)C1=O. The smallest absolute Gasteiger partial charge is 0.261 e. The van der Waals surface area contributed by atoms with Gasteiger partial charge in [-0.25, -0.2) is 0 Å². The summed E-state index contributed by atoms with van der Waals surface area (Å²) >= 11 is 0. The number of nitrogens with zero attached hydrogens (tertiary/aromatic N) is 2. The van der Waals surface area contributed by atoms with E-state index in [9.17, 15) is 19.2 Å². The van der Waals surface area contributed by atoms with Gasteiger partial charge in [0.2, 0.25) is 0 Å². The minimum Gasteiger partial charge on any atom is -0.330 e. The molecule has 2 heterocycles. The first-order valence-electron chi connectivity index (χ1n) is 13.1. The largest absolute Gasteiger partial charge is 0.330 e. The standard InChI is InChI=1S/C31H28N4O4/c32-16-13-31(33,14-17-34-27(36)21-9-1-5-19-6-2-10-22(25(19)21)28(34)37)15-18-35-29(38)23-11-3-7-20-8-4-12-24(26(20)23)30(35)39/h1-12H,13-18,32-33H2. The van der Waals surface area contributed by atoms with Crippen molar-refractivity contribution in [2.75, 3.05) is 19.6 Å². The van der Waals surface area contributed by atoms with Gasteiger partial charge < -0.3 is 11.5 Å². The van der Waals surface area contributed by atoms with Gasteiger partial charge in [0, 0.05) is 51.7 Å². The van der Waals surface area contributed by atoms with Crippen molar-refractivity contribution in [1.82, 2.24) is 9.80 Å². The molecule has 6 rings (SSSR count). The quantitative estimate of drug-likeness (QED) is 0.341. The molecule has 0 aromatic heterocycles. The van der Waals surface area contributed by atoms with Gasteiger partial charge in [0.1, 0.15) is 0 Å². The summed E-state index contributed by atoms with van der Waals surface area (Å²) in [7, 11) is 0. The fourth-order valence-electron chi connectivity index (χ4n) is 5.90. The zero-order valence-electron chi connectivity index (χ0n) is 21.4. The number of hydrogen-bond donors (Lipinski definition) is 2. The Labute approximate surface area is 225 Å². The van der Waals surface area contributed by atoms with Crippen molar-refractivity contribution in [1.29, 1.82) is 0 Å². The van der Waals surface area contributed by atoms with Crippen LogP contribution in [0.5, 0.6) is 0 Å². The molecule has 0 radical (unpaired) electrons. The van der Waals surface area contributed by atoms with Crippen molar-refractivity contribution in [2.24, 2.45) is 11.5 Å². The van der Waals surface area contributed by atoms with E-state index in [2.05, 4.69) is 0 Å². The lowest BCUT2D eigenvalue weighted by atomic mass is 9.86. The van der Waals surface area contributed by atoms with Gasteiger partial charge in [-0.3, -0.25) is 29.0 Å². The topological polar surface area (TPSA) is 127 Å².